The van der Waals surface area contributed by atoms with Gasteiger partial charge in [0, 0.05) is 31.7 Å². The van der Waals surface area contributed by atoms with E-state index in [9.17, 15) is 5.11 Å². The molecule has 2 unspecified atom stereocenters. The number of aromatic nitrogens is 2. The SMILES string of the molecule is COCCC(C)C(O)c1cccc2nccnc12. The summed E-state index contributed by atoms with van der Waals surface area (Å²) in [6.07, 6.45) is 3.58. The summed E-state index contributed by atoms with van der Waals surface area (Å²) in [5.74, 6) is 0.123. The summed E-state index contributed by atoms with van der Waals surface area (Å²) in [7, 11) is 1.67. The Morgan fingerprint density at radius 2 is 2.06 bits per heavy atom. The van der Waals surface area contributed by atoms with E-state index >= 15 is 0 Å². The molecule has 0 aliphatic rings. The number of para-hydroxylation sites is 1. The third-order valence-corrected chi connectivity index (χ3v) is 3.16. The van der Waals surface area contributed by atoms with Gasteiger partial charge in [0.2, 0.25) is 0 Å². The van der Waals surface area contributed by atoms with Gasteiger partial charge in [0.25, 0.3) is 0 Å². The van der Waals surface area contributed by atoms with Crippen molar-refractivity contribution < 1.29 is 9.84 Å². The van der Waals surface area contributed by atoms with Crippen molar-refractivity contribution in [1.82, 2.24) is 9.97 Å². The van der Waals surface area contributed by atoms with E-state index < -0.39 is 6.10 Å². The summed E-state index contributed by atoms with van der Waals surface area (Å²) in [6, 6.07) is 5.71. The molecular formula is C14H18N2O2. The Labute approximate surface area is 107 Å². The van der Waals surface area contributed by atoms with Crippen molar-refractivity contribution in [3.63, 3.8) is 0 Å². The first kappa shape index (κ1) is 12.9. The molecule has 1 aromatic carbocycles. The first-order chi connectivity index (χ1) is 8.74. The molecule has 4 heteroatoms. The van der Waals surface area contributed by atoms with Gasteiger partial charge >= 0.3 is 0 Å². The Balaban J connectivity index is 2.29. The fourth-order valence-corrected chi connectivity index (χ4v) is 2.02. The minimum absolute atomic E-state index is 0.123. The number of hydrogen-bond acceptors (Lipinski definition) is 4. The maximum atomic E-state index is 10.4. The first-order valence-corrected chi connectivity index (χ1v) is 6.10. The molecule has 1 N–H and O–H groups in total. The Kier molecular flexibility index (Phi) is 4.23. The van der Waals surface area contributed by atoms with Gasteiger partial charge in [0.15, 0.2) is 0 Å². The lowest BCUT2D eigenvalue weighted by atomic mass is 9.94. The van der Waals surface area contributed by atoms with Crippen LogP contribution in [0.1, 0.15) is 25.0 Å². The maximum Gasteiger partial charge on any atom is 0.0944 e. The van der Waals surface area contributed by atoms with Crippen molar-refractivity contribution >= 4 is 11.0 Å². The monoisotopic (exact) mass is 246 g/mol. The number of aliphatic hydroxyl groups is 1. The van der Waals surface area contributed by atoms with Crippen molar-refractivity contribution in [3.8, 4) is 0 Å². The lowest BCUT2D eigenvalue weighted by molar-refractivity contribution is 0.0895. The van der Waals surface area contributed by atoms with Gasteiger partial charge in [-0.3, -0.25) is 9.97 Å². The molecule has 2 aromatic rings. The fraction of sp³-hybridized carbons (Fsp3) is 0.429. The van der Waals surface area contributed by atoms with Crippen LogP contribution in [0.2, 0.25) is 0 Å². The average molecular weight is 246 g/mol. The summed E-state index contributed by atoms with van der Waals surface area (Å²) in [5.41, 5.74) is 2.42. The summed E-state index contributed by atoms with van der Waals surface area (Å²) in [4.78, 5) is 8.56. The van der Waals surface area contributed by atoms with Crippen LogP contribution in [0, 0.1) is 5.92 Å². The van der Waals surface area contributed by atoms with Crippen LogP contribution >= 0.6 is 0 Å². The van der Waals surface area contributed by atoms with Crippen molar-refractivity contribution in [1.29, 1.82) is 0 Å². The fourth-order valence-electron chi connectivity index (χ4n) is 2.02. The molecule has 0 radical (unpaired) electrons. The molecule has 0 spiro atoms. The molecule has 0 amide bonds. The standard InChI is InChI=1S/C14H18N2O2/c1-10(6-9-18-2)14(17)11-4-3-5-12-13(11)16-8-7-15-12/h3-5,7-8,10,14,17H,6,9H2,1-2H3. The summed E-state index contributed by atoms with van der Waals surface area (Å²) in [6.45, 7) is 2.66. The third kappa shape index (κ3) is 2.66. The van der Waals surface area contributed by atoms with E-state index in [2.05, 4.69) is 9.97 Å². The smallest absolute Gasteiger partial charge is 0.0944 e. The molecular weight excluding hydrogens is 228 g/mol. The number of nitrogens with zero attached hydrogens (tertiary/aromatic N) is 2. The third-order valence-electron chi connectivity index (χ3n) is 3.16. The van der Waals surface area contributed by atoms with Gasteiger partial charge in [0.05, 0.1) is 17.1 Å². The van der Waals surface area contributed by atoms with Crippen molar-refractivity contribution in [2.45, 2.75) is 19.4 Å². The molecule has 2 rings (SSSR count). The Morgan fingerprint density at radius 1 is 1.28 bits per heavy atom. The largest absolute Gasteiger partial charge is 0.388 e. The topological polar surface area (TPSA) is 55.2 Å². The van der Waals surface area contributed by atoms with Gasteiger partial charge in [-0.1, -0.05) is 19.1 Å². The number of rotatable bonds is 5. The lowest BCUT2D eigenvalue weighted by Gasteiger charge is -2.19. The number of hydrogen-bond donors (Lipinski definition) is 1. The van der Waals surface area contributed by atoms with Crippen LogP contribution in [0.4, 0.5) is 0 Å². The second-order valence-corrected chi connectivity index (χ2v) is 4.47. The zero-order valence-electron chi connectivity index (χ0n) is 10.7. The number of aliphatic hydroxyl groups excluding tert-OH is 1. The summed E-state index contributed by atoms with van der Waals surface area (Å²) >= 11 is 0. The minimum Gasteiger partial charge on any atom is -0.388 e. The molecule has 0 aliphatic carbocycles. The molecule has 18 heavy (non-hydrogen) atoms. The van der Waals surface area contributed by atoms with E-state index in [4.69, 9.17) is 4.74 Å². The van der Waals surface area contributed by atoms with Gasteiger partial charge in [-0.05, 0) is 18.4 Å². The van der Waals surface area contributed by atoms with Gasteiger partial charge in [0.1, 0.15) is 0 Å². The molecule has 0 saturated carbocycles. The molecule has 1 aromatic heterocycles. The lowest BCUT2D eigenvalue weighted by Crippen LogP contribution is -2.12. The molecule has 0 saturated heterocycles. The number of fused-ring (bicyclic) bond motifs is 1. The predicted octanol–water partition coefficient (Wildman–Crippen LogP) is 2.34. The Hall–Kier alpha value is -1.52. The molecule has 0 bridgehead atoms. The second-order valence-electron chi connectivity index (χ2n) is 4.47. The van der Waals surface area contributed by atoms with E-state index in [1.54, 1.807) is 19.5 Å². The van der Waals surface area contributed by atoms with Crippen LogP contribution in [0.15, 0.2) is 30.6 Å². The van der Waals surface area contributed by atoms with Crippen molar-refractivity contribution in [3.05, 3.63) is 36.2 Å². The van der Waals surface area contributed by atoms with Crippen LogP contribution in [0.25, 0.3) is 11.0 Å². The zero-order valence-corrected chi connectivity index (χ0v) is 10.7. The summed E-state index contributed by atoms with van der Waals surface area (Å²) in [5, 5.41) is 10.4. The van der Waals surface area contributed by atoms with Gasteiger partial charge in [-0.15, -0.1) is 0 Å². The van der Waals surface area contributed by atoms with E-state index in [1.807, 2.05) is 25.1 Å². The zero-order chi connectivity index (χ0) is 13.0. The normalized spacial score (nSPS) is 14.6. The Morgan fingerprint density at radius 3 is 2.83 bits per heavy atom. The van der Waals surface area contributed by atoms with E-state index in [1.165, 1.54) is 0 Å². The first-order valence-electron chi connectivity index (χ1n) is 6.10. The van der Waals surface area contributed by atoms with Crippen LogP contribution in [-0.4, -0.2) is 28.8 Å². The van der Waals surface area contributed by atoms with Gasteiger partial charge < -0.3 is 9.84 Å². The van der Waals surface area contributed by atoms with Gasteiger partial charge in [-0.25, -0.2) is 0 Å². The van der Waals surface area contributed by atoms with Crippen LogP contribution in [-0.2, 0) is 4.74 Å². The maximum absolute atomic E-state index is 10.4. The van der Waals surface area contributed by atoms with Crippen molar-refractivity contribution in [2.75, 3.05) is 13.7 Å². The van der Waals surface area contributed by atoms with Crippen LogP contribution in [0.3, 0.4) is 0 Å². The van der Waals surface area contributed by atoms with E-state index in [0.717, 1.165) is 23.0 Å². The highest BCUT2D eigenvalue weighted by atomic mass is 16.5. The highest BCUT2D eigenvalue weighted by molar-refractivity contribution is 5.77. The average Bonchev–Trinajstić information content (AvgIpc) is 2.43. The Bertz CT molecular complexity index is 511. The van der Waals surface area contributed by atoms with E-state index in [-0.39, 0.29) is 5.92 Å². The van der Waals surface area contributed by atoms with Crippen LogP contribution in [0.5, 0.6) is 0 Å². The second kappa shape index (κ2) is 5.89. The predicted molar refractivity (Wildman–Crippen MR) is 70.2 cm³/mol. The molecule has 0 fully saturated rings. The molecule has 2 atom stereocenters. The van der Waals surface area contributed by atoms with E-state index in [0.29, 0.717) is 6.61 Å². The molecule has 96 valence electrons. The quantitative estimate of drug-likeness (QED) is 0.879. The molecule has 0 aliphatic heterocycles. The molecule has 1 heterocycles. The highest BCUT2D eigenvalue weighted by Gasteiger charge is 2.19. The summed E-state index contributed by atoms with van der Waals surface area (Å²) < 4.78 is 5.05. The number of ether oxygens (including phenoxy) is 1. The van der Waals surface area contributed by atoms with Crippen LogP contribution < -0.4 is 0 Å². The number of methoxy groups -OCH3 is 1. The molecule has 4 nitrogen and oxygen atoms in total. The minimum atomic E-state index is -0.541. The van der Waals surface area contributed by atoms with Crippen molar-refractivity contribution in [2.24, 2.45) is 5.92 Å². The number of benzene rings is 1. The van der Waals surface area contributed by atoms with Gasteiger partial charge in [-0.2, -0.15) is 0 Å². The highest BCUT2D eigenvalue weighted by Crippen LogP contribution is 2.28.